The van der Waals surface area contributed by atoms with E-state index < -0.39 is 0 Å². The molecule has 2 aromatic rings. The minimum absolute atomic E-state index is 0.000000000000000222. The van der Waals surface area contributed by atoms with Gasteiger partial charge in [0.05, 0.1) is 0 Å². The van der Waals surface area contributed by atoms with Crippen LogP contribution in [0.25, 0.3) is 10.8 Å². The van der Waals surface area contributed by atoms with E-state index in [9.17, 15) is 4.79 Å². The molecule has 0 atom stereocenters. The molecule has 1 saturated carbocycles. The van der Waals surface area contributed by atoms with Gasteiger partial charge in [-0.2, -0.15) is 0 Å². The first-order chi connectivity index (χ1) is 7.19. The zero-order chi connectivity index (χ0) is 10.5. The normalized spacial score (nSPS) is 17.9. The molecular formula is C13H13NO. The van der Waals surface area contributed by atoms with Gasteiger partial charge in [0.15, 0.2) is 0 Å². The molecule has 15 heavy (non-hydrogen) atoms. The fraction of sp³-hybridized carbons (Fsp3) is 0.308. The van der Waals surface area contributed by atoms with E-state index in [4.69, 9.17) is 0 Å². The number of pyridine rings is 1. The number of benzene rings is 1. The summed E-state index contributed by atoms with van der Waals surface area (Å²) in [5, 5.41) is 1.83. The summed E-state index contributed by atoms with van der Waals surface area (Å²) in [4.78, 5) is 14.2. The van der Waals surface area contributed by atoms with Crippen molar-refractivity contribution in [3.8, 4) is 0 Å². The van der Waals surface area contributed by atoms with Crippen LogP contribution in [0.1, 0.15) is 25.3 Å². The number of rotatable bonds is 1. The number of aromatic nitrogens is 1. The van der Waals surface area contributed by atoms with Crippen LogP contribution >= 0.6 is 0 Å². The van der Waals surface area contributed by atoms with E-state index in [-0.39, 0.29) is 5.56 Å². The van der Waals surface area contributed by atoms with Crippen LogP contribution in [0, 0.1) is 0 Å². The maximum absolute atomic E-state index is 11.5. The van der Waals surface area contributed by atoms with E-state index in [0.29, 0.717) is 5.41 Å². The maximum atomic E-state index is 11.5. The maximum Gasteiger partial charge on any atom is 0.255 e. The molecule has 3 rings (SSSR count). The first-order valence-electron chi connectivity index (χ1n) is 5.31. The molecule has 0 aliphatic heterocycles. The Morgan fingerprint density at radius 1 is 1.27 bits per heavy atom. The molecule has 0 amide bonds. The fourth-order valence-corrected chi connectivity index (χ4v) is 2.04. The van der Waals surface area contributed by atoms with Crippen molar-refractivity contribution in [1.82, 2.24) is 4.98 Å². The van der Waals surface area contributed by atoms with E-state index in [2.05, 4.69) is 24.0 Å². The lowest BCUT2D eigenvalue weighted by Gasteiger charge is -2.09. The van der Waals surface area contributed by atoms with E-state index in [1.165, 1.54) is 18.4 Å². The van der Waals surface area contributed by atoms with Crippen molar-refractivity contribution in [2.45, 2.75) is 25.2 Å². The molecule has 0 spiro atoms. The Hall–Kier alpha value is -1.57. The largest absolute Gasteiger partial charge is 0.329 e. The molecule has 1 aliphatic carbocycles. The molecule has 1 N–H and O–H groups in total. The van der Waals surface area contributed by atoms with E-state index in [1.807, 2.05) is 12.1 Å². The fourth-order valence-electron chi connectivity index (χ4n) is 2.04. The average Bonchev–Trinajstić information content (AvgIpc) is 2.98. The van der Waals surface area contributed by atoms with Crippen LogP contribution < -0.4 is 5.56 Å². The van der Waals surface area contributed by atoms with Crippen molar-refractivity contribution in [2.24, 2.45) is 0 Å². The van der Waals surface area contributed by atoms with Crippen LogP contribution in [0.3, 0.4) is 0 Å². The van der Waals surface area contributed by atoms with Crippen LogP contribution in [0.4, 0.5) is 0 Å². The van der Waals surface area contributed by atoms with Gasteiger partial charge in [-0.3, -0.25) is 4.79 Å². The highest BCUT2D eigenvalue weighted by atomic mass is 16.1. The quantitative estimate of drug-likeness (QED) is 0.752. The zero-order valence-electron chi connectivity index (χ0n) is 8.71. The van der Waals surface area contributed by atoms with E-state index in [0.717, 1.165) is 10.8 Å². The van der Waals surface area contributed by atoms with Crippen LogP contribution in [0.2, 0.25) is 0 Å². The highest BCUT2D eigenvalue weighted by Gasteiger charge is 2.38. The SMILES string of the molecule is CC1(c2ccc3c(=O)[nH]ccc3c2)CC1. The number of nitrogens with one attached hydrogen (secondary N) is 1. The van der Waals surface area contributed by atoms with Gasteiger partial charge in [0, 0.05) is 11.6 Å². The predicted octanol–water partition coefficient (Wildman–Crippen LogP) is 2.58. The number of fused-ring (bicyclic) bond motifs is 1. The third-order valence-corrected chi connectivity index (χ3v) is 3.47. The molecular weight excluding hydrogens is 186 g/mol. The standard InChI is InChI=1S/C13H13NO/c1-13(5-6-13)10-2-3-11-9(8-10)4-7-14-12(11)15/h2-4,7-8H,5-6H2,1H3,(H,14,15). The van der Waals surface area contributed by atoms with Gasteiger partial charge in [-0.05, 0) is 41.3 Å². The Morgan fingerprint density at radius 3 is 2.80 bits per heavy atom. The Balaban J connectivity index is 2.27. The summed E-state index contributed by atoms with van der Waals surface area (Å²) in [7, 11) is 0. The zero-order valence-corrected chi connectivity index (χ0v) is 8.71. The monoisotopic (exact) mass is 199 g/mol. The van der Waals surface area contributed by atoms with Crippen LogP contribution in [0.5, 0.6) is 0 Å². The van der Waals surface area contributed by atoms with Crippen molar-refractivity contribution in [2.75, 3.05) is 0 Å². The third kappa shape index (κ3) is 1.29. The molecule has 0 radical (unpaired) electrons. The van der Waals surface area contributed by atoms with Gasteiger partial charge < -0.3 is 4.98 Å². The minimum atomic E-state index is 0.000000000000000222. The third-order valence-electron chi connectivity index (χ3n) is 3.47. The van der Waals surface area contributed by atoms with Crippen LogP contribution in [-0.2, 0) is 5.41 Å². The first kappa shape index (κ1) is 8.72. The molecule has 1 fully saturated rings. The Kier molecular flexibility index (Phi) is 1.58. The smallest absolute Gasteiger partial charge is 0.255 e. The Bertz CT molecular complexity index is 578. The highest BCUT2D eigenvalue weighted by molar-refractivity contribution is 5.82. The summed E-state index contributed by atoms with van der Waals surface area (Å²) < 4.78 is 0. The van der Waals surface area contributed by atoms with Crippen molar-refractivity contribution in [1.29, 1.82) is 0 Å². The summed E-state index contributed by atoms with van der Waals surface area (Å²) in [5.74, 6) is 0. The molecule has 2 nitrogen and oxygen atoms in total. The molecule has 1 aliphatic rings. The number of hydrogen-bond donors (Lipinski definition) is 1. The summed E-state index contributed by atoms with van der Waals surface area (Å²) in [6.45, 7) is 2.28. The van der Waals surface area contributed by atoms with Crippen molar-refractivity contribution >= 4 is 10.8 Å². The molecule has 0 unspecified atom stereocenters. The molecule has 0 saturated heterocycles. The lowest BCUT2D eigenvalue weighted by molar-refractivity contribution is 0.789. The van der Waals surface area contributed by atoms with E-state index >= 15 is 0 Å². The number of hydrogen-bond acceptors (Lipinski definition) is 1. The van der Waals surface area contributed by atoms with Gasteiger partial charge in [0.1, 0.15) is 0 Å². The van der Waals surface area contributed by atoms with Gasteiger partial charge in [-0.1, -0.05) is 19.1 Å². The van der Waals surface area contributed by atoms with E-state index in [1.54, 1.807) is 6.20 Å². The topological polar surface area (TPSA) is 32.9 Å². The lowest BCUT2D eigenvalue weighted by Crippen LogP contribution is -2.06. The summed E-state index contributed by atoms with van der Waals surface area (Å²) >= 11 is 0. The van der Waals surface area contributed by atoms with Crippen LogP contribution in [0.15, 0.2) is 35.3 Å². The molecule has 2 heteroatoms. The van der Waals surface area contributed by atoms with Crippen LogP contribution in [-0.4, -0.2) is 4.98 Å². The van der Waals surface area contributed by atoms with Gasteiger partial charge in [0.25, 0.3) is 5.56 Å². The highest BCUT2D eigenvalue weighted by Crippen LogP contribution is 2.47. The van der Waals surface area contributed by atoms with Crippen molar-refractivity contribution in [3.05, 3.63) is 46.4 Å². The Labute approximate surface area is 87.9 Å². The second-order valence-electron chi connectivity index (χ2n) is 4.67. The summed E-state index contributed by atoms with van der Waals surface area (Å²) in [6.07, 6.45) is 4.24. The number of aromatic amines is 1. The molecule has 1 aromatic carbocycles. The van der Waals surface area contributed by atoms with Gasteiger partial charge >= 0.3 is 0 Å². The second kappa shape index (κ2) is 2.72. The van der Waals surface area contributed by atoms with Gasteiger partial charge in [0.2, 0.25) is 0 Å². The average molecular weight is 199 g/mol. The first-order valence-corrected chi connectivity index (χ1v) is 5.31. The summed E-state index contributed by atoms with van der Waals surface area (Å²) in [6, 6.07) is 8.14. The lowest BCUT2D eigenvalue weighted by atomic mass is 9.96. The van der Waals surface area contributed by atoms with Crippen molar-refractivity contribution < 1.29 is 0 Å². The second-order valence-corrected chi connectivity index (χ2v) is 4.67. The minimum Gasteiger partial charge on any atom is -0.329 e. The molecule has 1 aromatic heterocycles. The predicted molar refractivity (Wildman–Crippen MR) is 61.2 cm³/mol. The van der Waals surface area contributed by atoms with Gasteiger partial charge in [-0.25, -0.2) is 0 Å². The Morgan fingerprint density at radius 2 is 2.07 bits per heavy atom. The molecule has 0 bridgehead atoms. The molecule has 76 valence electrons. The van der Waals surface area contributed by atoms with Crippen molar-refractivity contribution in [3.63, 3.8) is 0 Å². The molecule has 1 heterocycles. The summed E-state index contributed by atoms with van der Waals surface area (Å²) in [5.41, 5.74) is 1.73. The number of H-pyrrole nitrogens is 1. The van der Waals surface area contributed by atoms with Gasteiger partial charge in [-0.15, -0.1) is 0 Å².